The van der Waals surface area contributed by atoms with Gasteiger partial charge in [0, 0.05) is 6.21 Å². The molecule has 0 amide bonds. The third-order valence-electron chi connectivity index (χ3n) is 2.30. The van der Waals surface area contributed by atoms with Crippen LogP contribution in [0.3, 0.4) is 0 Å². The van der Waals surface area contributed by atoms with Crippen LogP contribution in [0.2, 0.25) is 0 Å². The average molecular weight is 258 g/mol. The van der Waals surface area contributed by atoms with Crippen molar-refractivity contribution in [3.8, 4) is 17.6 Å². The Morgan fingerprint density at radius 1 is 1.44 bits per heavy atom. The van der Waals surface area contributed by atoms with Crippen LogP contribution >= 0.6 is 11.3 Å². The lowest BCUT2D eigenvalue weighted by Crippen LogP contribution is -1.86. The van der Waals surface area contributed by atoms with Crippen LogP contribution in [0, 0.1) is 11.3 Å². The number of aliphatic imine (C=N–C) groups is 1. The number of nitrogens with zero attached hydrogens (tertiary/aromatic N) is 2. The molecule has 1 aromatic heterocycles. The van der Waals surface area contributed by atoms with E-state index in [-0.39, 0.29) is 5.75 Å². The molecular weight excluding hydrogens is 248 g/mol. The van der Waals surface area contributed by atoms with Gasteiger partial charge >= 0.3 is 0 Å². The molecule has 1 N–H and O–H groups in total. The number of thiophene rings is 1. The summed E-state index contributed by atoms with van der Waals surface area (Å²) in [6, 6.07) is 8.75. The molecule has 5 heteroatoms. The summed E-state index contributed by atoms with van der Waals surface area (Å²) in [5, 5.41) is 20.8. The van der Waals surface area contributed by atoms with Crippen LogP contribution in [-0.4, -0.2) is 18.4 Å². The third-order valence-corrected chi connectivity index (χ3v) is 3.12. The summed E-state index contributed by atoms with van der Waals surface area (Å²) >= 11 is 1.41. The van der Waals surface area contributed by atoms with Gasteiger partial charge in [-0.25, -0.2) is 4.99 Å². The molecule has 1 aromatic carbocycles. The summed E-state index contributed by atoms with van der Waals surface area (Å²) in [5.41, 5.74) is 1.35. The lowest BCUT2D eigenvalue weighted by atomic mass is 10.2. The standard InChI is InChI=1S/C13H10N2O2S/c1-17-12-6-9(2-3-11(12)16)8-15-13-10(7-14)4-5-18-13/h2-6,8,16H,1H3. The van der Waals surface area contributed by atoms with Crippen molar-refractivity contribution in [2.24, 2.45) is 4.99 Å². The number of benzene rings is 1. The maximum absolute atomic E-state index is 9.46. The number of hydrogen-bond donors (Lipinski definition) is 1. The molecule has 4 nitrogen and oxygen atoms in total. The molecule has 0 spiro atoms. The maximum Gasteiger partial charge on any atom is 0.161 e. The first-order valence-electron chi connectivity index (χ1n) is 5.13. The average Bonchev–Trinajstić information content (AvgIpc) is 2.85. The van der Waals surface area contributed by atoms with E-state index in [0.717, 1.165) is 5.56 Å². The molecule has 2 rings (SSSR count). The number of phenols is 1. The fraction of sp³-hybridized carbons (Fsp3) is 0.0769. The smallest absolute Gasteiger partial charge is 0.161 e. The van der Waals surface area contributed by atoms with Gasteiger partial charge in [0.1, 0.15) is 11.1 Å². The number of nitriles is 1. The Morgan fingerprint density at radius 3 is 3.00 bits per heavy atom. The molecule has 0 aliphatic heterocycles. The minimum absolute atomic E-state index is 0.0866. The van der Waals surface area contributed by atoms with Gasteiger partial charge in [0.05, 0.1) is 12.7 Å². The molecule has 90 valence electrons. The van der Waals surface area contributed by atoms with E-state index in [1.807, 2.05) is 5.38 Å². The van der Waals surface area contributed by atoms with Crippen molar-refractivity contribution in [1.82, 2.24) is 0 Å². The van der Waals surface area contributed by atoms with Crippen LogP contribution in [0.4, 0.5) is 5.00 Å². The summed E-state index contributed by atoms with van der Waals surface area (Å²) in [7, 11) is 1.49. The first-order valence-corrected chi connectivity index (χ1v) is 6.01. The van der Waals surface area contributed by atoms with Crippen LogP contribution in [0.5, 0.6) is 11.5 Å². The van der Waals surface area contributed by atoms with Gasteiger partial charge < -0.3 is 9.84 Å². The molecule has 0 unspecified atom stereocenters. The molecule has 0 saturated heterocycles. The first kappa shape index (κ1) is 12.1. The minimum atomic E-state index is 0.0866. The number of methoxy groups -OCH3 is 1. The van der Waals surface area contributed by atoms with Crippen molar-refractivity contribution < 1.29 is 9.84 Å². The van der Waals surface area contributed by atoms with Crippen molar-refractivity contribution in [3.63, 3.8) is 0 Å². The largest absolute Gasteiger partial charge is 0.504 e. The molecule has 0 bridgehead atoms. The Hall–Kier alpha value is -2.32. The van der Waals surface area contributed by atoms with Gasteiger partial charge in [-0.1, -0.05) is 0 Å². The van der Waals surface area contributed by atoms with E-state index in [4.69, 9.17) is 10.00 Å². The summed E-state index contributed by atoms with van der Waals surface area (Å²) < 4.78 is 5.01. The van der Waals surface area contributed by atoms with E-state index in [9.17, 15) is 5.11 Å². The van der Waals surface area contributed by atoms with E-state index in [1.54, 1.807) is 30.5 Å². The molecule has 0 radical (unpaired) electrons. The van der Waals surface area contributed by atoms with Gasteiger partial charge in [-0.05, 0) is 35.2 Å². The zero-order valence-electron chi connectivity index (χ0n) is 9.62. The van der Waals surface area contributed by atoms with E-state index < -0.39 is 0 Å². The van der Waals surface area contributed by atoms with Crippen LogP contribution in [-0.2, 0) is 0 Å². The SMILES string of the molecule is COc1cc(C=Nc2sccc2C#N)ccc1O. The van der Waals surface area contributed by atoms with E-state index >= 15 is 0 Å². The molecule has 0 saturated carbocycles. The fourth-order valence-electron chi connectivity index (χ4n) is 1.39. The van der Waals surface area contributed by atoms with Gasteiger partial charge in [0.15, 0.2) is 11.5 Å². The number of ether oxygens (including phenoxy) is 1. The Bertz CT molecular complexity index is 626. The number of hydrogen-bond acceptors (Lipinski definition) is 5. The second kappa shape index (κ2) is 5.34. The molecule has 0 aliphatic rings. The van der Waals surface area contributed by atoms with Gasteiger partial charge in [0.2, 0.25) is 0 Å². The Labute approximate surface area is 108 Å². The van der Waals surface area contributed by atoms with Crippen molar-refractivity contribution in [2.45, 2.75) is 0 Å². The highest BCUT2D eigenvalue weighted by molar-refractivity contribution is 7.14. The molecule has 0 atom stereocenters. The van der Waals surface area contributed by atoms with Gasteiger partial charge in [0.25, 0.3) is 0 Å². The van der Waals surface area contributed by atoms with Gasteiger partial charge in [-0.3, -0.25) is 0 Å². The molecular formula is C13H10N2O2S. The second-order valence-corrected chi connectivity index (χ2v) is 4.34. The predicted molar refractivity (Wildman–Crippen MR) is 70.9 cm³/mol. The predicted octanol–water partition coefficient (Wildman–Crippen LogP) is 3.08. The zero-order valence-corrected chi connectivity index (χ0v) is 10.4. The Morgan fingerprint density at radius 2 is 2.28 bits per heavy atom. The van der Waals surface area contributed by atoms with Gasteiger partial charge in [-0.15, -0.1) is 11.3 Å². The molecule has 2 aromatic rings. The second-order valence-electron chi connectivity index (χ2n) is 3.44. The Balaban J connectivity index is 2.27. The number of phenolic OH excluding ortho intramolecular Hbond substituents is 1. The summed E-state index contributed by atoms with van der Waals surface area (Å²) in [4.78, 5) is 4.25. The van der Waals surface area contributed by atoms with E-state index in [0.29, 0.717) is 16.3 Å². The minimum Gasteiger partial charge on any atom is -0.504 e. The van der Waals surface area contributed by atoms with Crippen molar-refractivity contribution >= 4 is 22.6 Å². The topological polar surface area (TPSA) is 65.6 Å². The normalized spacial score (nSPS) is 10.4. The Kier molecular flexibility index (Phi) is 3.60. The zero-order chi connectivity index (χ0) is 13.0. The summed E-state index contributed by atoms with van der Waals surface area (Å²) in [6.45, 7) is 0. The lowest BCUT2D eigenvalue weighted by Gasteiger charge is -2.03. The highest BCUT2D eigenvalue weighted by Crippen LogP contribution is 2.27. The lowest BCUT2D eigenvalue weighted by molar-refractivity contribution is 0.373. The van der Waals surface area contributed by atoms with Crippen LogP contribution in [0.1, 0.15) is 11.1 Å². The molecule has 1 heterocycles. The third kappa shape index (κ3) is 2.50. The van der Waals surface area contributed by atoms with Crippen molar-refractivity contribution in [3.05, 3.63) is 40.8 Å². The number of rotatable bonds is 3. The van der Waals surface area contributed by atoms with E-state index in [2.05, 4.69) is 11.1 Å². The highest BCUT2D eigenvalue weighted by Gasteiger charge is 2.02. The van der Waals surface area contributed by atoms with Crippen LogP contribution < -0.4 is 4.74 Å². The van der Waals surface area contributed by atoms with Gasteiger partial charge in [-0.2, -0.15) is 5.26 Å². The molecule has 18 heavy (non-hydrogen) atoms. The molecule has 0 aliphatic carbocycles. The quantitative estimate of drug-likeness (QED) is 0.860. The summed E-state index contributed by atoms with van der Waals surface area (Å²) in [5.74, 6) is 0.481. The first-order chi connectivity index (χ1) is 8.74. The van der Waals surface area contributed by atoms with Crippen molar-refractivity contribution in [2.75, 3.05) is 7.11 Å². The monoisotopic (exact) mass is 258 g/mol. The number of aromatic hydroxyl groups is 1. The van der Waals surface area contributed by atoms with Crippen LogP contribution in [0.25, 0.3) is 0 Å². The van der Waals surface area contributed by atoms with Crippen LogP contribution in [0.15, 0.2) is 34.6 Å². The fourth-order valence-corrected chi connectivity index (χ4v) is 2.08. The van der Waals surface area contributed by atoms with E-state index in [1.165, 1.54) is 18.4 Å². The summed E-state index contributed by atoms with van der Waals surface area (Å²) in [6.07, 6.45) is 1.63. The van der Waals surface area contributed by atoms with Crippen molar-refractivity contribution in [1.29, 1.82) is 5.26 Å². The maximum atomic E-state index is 9.46. The highest BCUT2D eigenvalue weighted by atomic mass is 32.1. The molecule has 0 fully saturated rings.